The smallest absolute Gasteiger partial charge is 0.256 e. The normalized spacial score (nSPS) is 16.9. The summed E-state index contributed by atoms with van der Waals surface area (Å²) in [4.78, 5) is 45.4. The van der Waals surface area contributed by atoms with Gasteiger partial charge in [0.1, 0.15) is 39.7 Å². The zero-order chi connectivity index (χ0) is 32.1. The van der Waals surface area contributed by atoms with Crippen molar-refractivity contribution in [2.75, 3.05) is 31.3 Å². The van der Waals surface area contributed by atoms with E-state index in [1.165, 1.54) is 4.90 Å². The molecule has 234 valence electrons. The van der Waals surface area contributed by atoms with E-state index in [-0.39, 0.29) is 47.1 Å². The number of carbonyl (C=O) groups excluding carboxylic acids is 2. The molecule has 0 bridgehead atoms. The summed E-state index contributed by atoms with van der Waals surface area (Å²) < 4.78 is 23.4. The lowest BCUT2D eigenvalue weighted by molar-refractivity contribution is -0.166. The molecule has 2 amide bonds. The maximum absolute atomic E-state index is 13.7. The fourth-order valence-electron chi connectivity index (χ4n) is 5.02. The minimum atomic E-state index is -1.87. The molecule has 12 nitrogen and oxygen atoms in total. The van der Waals surface area contributed by atoms with Crippen LogP contribution >= 0.6 is 0 Å². The number of hydrogen-bond donors (Lipinski definition) is 3. The number of rotatable bonds is 8. The topological polar surface area (TPSA) is 163 Å². The molecular formula is C32H38N4O8. The Kier molecular flexibility index (Phi) is 7.93. The summed E-state index contributed by atoms with van der Waals surface area (Å²) in [5.74, 6) is -0.322. The average molecular weight is 607 g/mol. The number of benzene rings is 2. The third-order valence-corrected chi connectivity index (χ3v) is 6.99. The van der Waals surface area contributed by atoms with Gasteiger partial charge in [-0.3, -0.25) is 14.4 Å². The number of hydrogen-bond acceptors (Lipinski definition) is 10. The summed E-state index contributed by atoms with van der Waals surface area (Å²) in [6.07, 6.45) is -3.31. The third-order valence-electron chi connectivity index (χ3n) is 6.99. The lowest BCUT2D eigenvalue weighted by Gasteiger charge is -2.34. The Hall–Kier alpha value is -4.42. The van der Waals surface area contributed by atoms with E-state index < -0.39 is 35.2 Å². The van der Waals surface area contributed by atoms with Crippen LogP contribution in [0.1, 0.15) is 47.1 Å². The van der Waals surface area contributed by atoms with E-state index in [1.807, 2.05) is 53.7 Å². The van der Waals surface area contributed by atoms with Crippen molar-refractivity contribution in [2.24, 2.45) is 0 Å². The Morgan fingerprint density at radius 3 is 2.39 bits per heavy atom. The largest absolute Gasteiger partial charge is 0.497 e. The molecule has 2 heterocycles. The molecule has 0 saturated carbocycles. The molecule has 1 aliphatic rings. The number of aromatic nitrogens is 1. The Morgan fingerprint density at radius 1 is 1.11 bits per heavy atom. The molecule has 4 aromatic rings. The first-order valence-electron chi connectivity index (χ1n) is 14.3. The molecule has 12 heteroatoms. The van der Waals surface area contributed by atoms with Crippen LogP contribution in [0.25, 0.3) is 21.7 Å². The highest BCUT2D eigenvalue weighted by atomic mass is 16.5. The second kappa shape index (κ2) is 11.3. The van der Waals surface area contributed by atoms with Gasteiger partial charge in [0, 0.05) is 23.9 Å². The first-order chi connectivity index (χ1) is 20.6. The van der Waals surface area contributed by atoms with Crippen molar-refractivity contribution < 1.29 is 33.6 Å². The van der Waals surface area contributed by atoms with Crippen LogP contribution in [0.3, 0.4) is 0 Å². The van der Waals surface area contributed by atoms with E-state index in [1.54, 1.807) is 25.3 Å². The number of nitrogens with one attached hydrogen (secondary N) is 1. The van der Waals surface area contributed by atoms with Crippen LogP contribution in [-0.2, 0) is 20.9 Å². The number of fused-ring (bicyclic) bond motifs is 3. The standard InChI is InChI=1S/C32H38N4O8/c1-31(2,3)43-19-14-18-20(21-23(24(21)37)34-28(18)33)26(44-32(4,5)6)22(19)35-29(39)25(38)27-30(40)36(12-13-42-27)15-16-8-10-17(41-7)11-9-16/h8-11,14,25,27,38H,12-13,15H2,1-7H3,(H2,33,34)(H,35,39)/t25?,27-/m1/s1. The minimum Gasteiger partial charge on any atom is -0.497 e. The summed E-state index contributed by atoms with van der Waals surface area (Å²) in [6, 6.07) is 8.85. The van der Waals surface area contributed by atoms with Crippen LogP contribution in [0.2, 0.25) is 0 Å². The number of nitrogens with zero attached hydrogens (tertiary/aromatic N) is 2. The monoisotopic (exact) mass is 606 g/mol. The number of pyridine rings is 1. The molecule has 0 radical (unpaired) electrons. The molecule has 1 aromatic heterocycles. The average Bonchev–Trinajstić information content (AvgIpc) is 3.58. The Bertz CT molecular complexity index is 1740. The van der Waals surface area contributed by atoms with E-state index in [0.29, 0.717) is 28.5 Å². The molecule has 44 heavy (non-hydrogen) atoms. The van der Waals surface area contributed by atoms with Crippen LogP contribution in [0, 0.1) is 0 Å². The van der Waals surface area contributed by atoms with Crippen molar-refractivity contribution >= 4 is 45.0 Å². The highest BCUT2D eigenvalue weighted by Crippen LogP contribution is 2.48. The van der Waals surface area contributed by atoms with Gasteiger partial charge in [0.2, 0.25) is 5.43 Å². The summed E-state index contributed by atoms with van der Waals surface area (Å²) in [7, 11) is 1.57. The molecule has 3 aromatic carbocycles. The van der Waals surface area contributed by atoms with Crippen molar-refractivity contribution in [3.63, 3.8) is 0 Å². The number of carbonyl (C=O) groups is 2. The SMILES string of the molecule is COc1ccc(CN2CCO[C@H](C(O)C(=O)Nc3c(OC(C)(C)C)cc4c(N)nc5c(=O)c5c4c3OC(C)(C)C)C2=O)cc1. The van der Waals surface area contributed by atoms with Gasteiger partial charge in [-0.15, -0.1) is 0 Å². The van der Waals surface area contributed by atoms with Crippen molar-refractivity contribution in [3.8, 4) is 17.2 Å². The molecule has 1 aliphatic heterocycles. The Balaban J connectivity index is 1.50. The number of ether oxygens (including phenoxy) is 4. The summed E-state index contributed by atoms with van der Waals surface area (Å²) in [6.45, 7) is 11.6. The lowest BCUT2D eigenvalue weighted by atomic mass is 10.0. The molecule has 4 N–H and O–H groups in total. The zero-order valence-electron chi connectivity index (χ0n) is 25.9. The molecule has 1 fully saturated rings. The Morgan fingerprint density at radius 2 is 1.77 bits per heavy atom. The van der Waals surface area contributed by atoms with Gasteiger partial charge >= 0.3 is 0 Å². The molecule has 1 unspecified atom stereocenters. The molecule has 1 saturated heterocycles. The molecule has 0 spiro atoms. The van der Waals surface area contributed by atoms with E-state index in [9.17, 15) is 19.5 Å². The zero-order valence-corrected chi connectivity index (χ0v) is 25.9. The quantitative estimate of drug-likeness (QED) is 0.271. The first-order valence-corrected chi connectivity index (χ1v) is 14.3. The number of aliphatic hydroxyl groups excluding tert-OH is 1. The van der Waals surface area contributed by atoms with Crippen LogP contribution in [0.15, 0.2) is 35.1 Å². The van der Waals surface area contributed by atoms with Crippen molar-refractivity contribution in [1.29, 1.82) is 0 Å². The highest BCUT2D eigenvalue weighted by Gasteiger charge is 2.40. The number of nitrogens with two attached hydrogens (primary N) is 1. The van der Waals surface area contributed by atoms with Gasteiger partial charge in [-0.25, -0.2) is 4.98 Å². The molecule has 0 aliphatic carbocycles. The van der Waals surface area contributed by atoms with Crippen molar-refractivity contribution in [2.45, 2.75) is 71.5 Å². The summed E-state index contributed by atoms with van der Waals surface area (Å²) >= 11 is 0. The third kappa shape index (κ3) is 6.27. The van der Waals surface area contributed by atoms with Gasteiger partial charge in [-0.1, -0.05) is 12.1 Å². The van der Waals surface area contributed by atoms with Gasteiger partial charge in [0.25, 0.3) is 11.8 Å². The van der Waals surface area contributed by atoms with Crippen LogP contribution in [0.4, 0.5) is 11.5 Å². The minimum absolute atomic E-state index is 0.0808. The van der Waals surface area contributed by atoms with Crippen LogP contribution in [0.5, 0.6) is 17.2 Å². The van der Waals surface area contributed by atoms with E-state index in [4.69, 9.17) is 24.7 Å². The van der Waals surface area contributed by atoms with Crippen molar-refractivity contribution in [3.05, 3.63) is 46.1 Å². The predicted octanol–water partition coefficient (Wildman–Crippen LogP) is 3.30. The van der Waals surface area contributed by atoms with Crippen molar-refractivity contribution in [1.82, 2.24) is 9.88 Å². The van der Waals surface area contributed by atoms with E-state index in [0.717, 1.165) is 5.56 Å². The number of nitrogen functional groups attached to an aromatic ring is 1. The molecule has 2 atom stereocenters. The van der Waals surface area contributed by atoms with Gasteiger partial charge < -0.3 is 40.0 Å². The number of amides is 2. The van der Waals surface area contributed by atoms with Gasteiger partial charge in [0.15, 0.2) is 18.0 Å². The highest BCUT2D eigenvalue weighted by molar-refractivity contribution is 6.22. The maximum atomic E-state index is 13.7. The fraction of sp³-hybridized carbons (Fsp3) is 0.438. The second-order valence-electron chi connectivity index (χ2n) is 12.8. The predicted molar refractivity (Wildman–Crippen MR) is 166 cm³/mol. The number of methoxy groups -OCH3 is 1. The summed E-state index contributed by atoms with van der Waals surface area (Å²) in [5.41, 5.74) is 5.63. The maximum Gasteiger partial charge on any atom is 0.256 e. The lowest BCUT2D eigenvalue weighted by Crippen LogP contribution is -2.55. The molecule has 5 rings (SSSR count). The van der Waals surface area contributed by atoms with E-state index in [2.05, 4.69) is 10.3 Å². The fourth-order valence-corrected chi connectivity index (χ4v) is 5.02. The number of anilines is 2. The number of morpholine rings is 1. The van der Waals surface area contributed by atoms with Crippen LogP contribution < -0.4 is 30.7 Å². The van der Waals surface area contributed by atoms with Gasteiger partial charge in [0.05, 0.1) is 19.1 Å². The first kappa shape index (κ1) is 31.0. The van der Waals surface area contributed by atoms with E-state index >= 15 is 0 Å². The molecular weight excluding hydrogens is 568 g/mol. The van der Waals surface area contributed by atoms with Gasteiger partial charge in [-0.2, -0.15) is 0 Å². The number of aliphatic hydroxyl groups is 1. The van der Waals surface area contributed by atoms with Gasteiger partial charge in [-0.05, 0) is 65.3 Å². The Labute approximate surface area is 254 Å². The van der Waals surface area contributed by atoms with Crippen LogP contribution in [-0.4, -0.2) is 70.5 Å². The second-order valence-corrected chi connectivity index (χ2v) is 12.8. The summed E-state index contributed by atoms with van der Waals surface area (Å²) in [5, 5.41) is 15.0.